The summed E-state index contributed by atoms with van der Waals surface area (Å²) >= 11 is 1.43. The Bertz CT molecular complexity index is 935. The fourth-order valence-corrected chi connectivity index (χ4v) is 3.20. The van der Waals surface area contributed by atoms with E-state index in [1.54, 1.807) is 26.4 Å². The van der Waals surface area contributed by atoms with Crippen molar-refractivity contribution in [2.75, 3.05) is 14.2 Å². The summed E-state index contributed by atoms with van der Waals surface area (Å²) < 4.78 is 10.5. The Kier molecular flexibility index (Phi) is 4.58. The summed E-state index contributed by atoms with van der Waals surface area (Å²) in [6.45, 7) is 0. The van der Waals surface area contributed by atoms with Crippen LogP contribution in [0, 0.1) is 0 Å². The molecule has 0 aliphatic carbocycles. The van der Waals surface area contributed by atoms with Gasteiger partial charge in [-0.05, 0) is 36.4 Å². The van der Waals surface area contributed by atoms with Crippen molar-refractivity contribution in [3.05, 3.63) is 47.3 Å². The van der Waals surface area contributed by atoms with Gasteiger partial charge >= 0.3 is 5.97 Å². The van der Waals surface area contributed by atoms with Gasteiger partial charge in [0.25, 0.3) is 0 Å². The van der Waals surface area contributed by atoms with E-state index in [0.29, 0.717) is 22.8 Å². The van der Waals surface area contributed by atoms with Gasteiger partial charge in [0.15, 0.2) is 11.5 Å². The second-order valence-electron chi connectivity index (χ2n) is 5.14. The van der Waals surface area contributed by atoms with Crippen LogP contribution < -0.4 is 9.47 Å². The zero-order valence-corrected chi connectivity index (χ0v) is 14.3. The number of phenols is 1. The van der Waals surface area contributed by atoms with Crippen LogP contribution in [0.15, 0.2) is 41.8 Å². The molecule has 2 aromatic carbocycles. The Hall–Kier alpha value is -3.06. The van der Waals surface area contributed by atoms with Crippen LogP contribution in [0.4, 0.5) is 0 Å². The van der Waals surface area contributed by atoms with E-state index in [4.69, 9.17) is 14.6 Å². The maximum absolute atomic E-state index is 11.2. The molecule has 3 aromatic rings. The summed E-state index contributed by atoms with van der Waals surface area (Å²) in [5, 5.41) is 21.3. The van der Waals surface area contributed by atoms with Crippen LogP contribution in [0.3, 0.4) is 0 Å². The lowest BCUT2D eigenvalue weighted by Crippen LogP contribution is -1.97. The average Bonchev–Trinajstić information content (AvgIpc) is 3.11. The number of rotatable bonds is 5. The predicted molar refractivity (Wildman–Crippen MR) is 94.7 cm³/mol. The van der Waals surface area contributed by atoms with Crippen LogP contribution >= 0.6 is 11.3 Å². The molecule has 0 unspecified atom stereocenters. The number of thiazole rings is 1. The van der Waals surface area contributed by atoms with Crippen molar-refractivity contribution >= 4 is 17.3 Å². The normalized spacial score (nSPS) is 10.5. The number of aromatic carboxylic acids is 1. The number of ether oxygens (including phenoxy) is 2. The molecule has 0 aliphatic heterocycles. The van der Waals surface area contributed by atoms with Crippen molar-refractivity contribution in [1.29, 1.82) is 0 Å². The molecule has 25 heavy (non-hydrogen) atoms. The number of aromatic nitrogens is 1. The minimum atomic E-state index is -1.19. The third kappa shape index (κ3) is 3.27. The van der Waals surface area contributed by atoms with Gasteiger partial charge in [-0.3, -0.25) is 0 Å². The first-order valence-electron chi connectivity index (χ1n) is 7.28. The van der Waals surface area contributed by atoms with Crippen LogP contribution in [0.25, 0.3) is 21.8 Å². The number of hydrogen-bond acceptors (Lipinski definition) is 6. The molecule has 0 saturated carbocycles. The molecule has 0 aliphatic rings. The minimum Gasteiger partial charge on any atom is -0.507 e. The summed E-state index contributed by atoms with van der Waals surface area (Å²) in [7, 11) is 3.14. The number of methoxy groups -OCH3 is 2. The Morgan fingerprint density at radius 1 is 1.04 bits per heavy atom. The molecular weight excluding hydrogens is 342 g/mol. The van der Waals surface area contributed by atoms with E-state index in [1.807, 2.05) is 17.5 Å². The number of hydrogen-bond donors (Lipinski definition) is 2. The van der Waals surface area contributed by atoms with Gasteiger partial charge in [-0.15, -0.1) is 11.3 Å². The molecule has 6 nitrogen and oxygen atoms in total. The second-order valence-corrected chi connectivity index (χ2v) is 6.00. The van der Waals surface area contributed by atoms with Gasteiger partial charge in [0.05, 0.1) is 19.9 Å². The van der Waals surface area contributed by atoms with E-state index in [-0.39, 0.29) is 11.3 Å². The van der Waals surface area contributed by atoms with Crippen LogP contribution in [0.2, 0.25) is 0 Å². The summed E-state index contributed by atoms with van der Waals surface area (Å²) in [5.41, 5.74) is 1.97. The Balaban J connectivity index is 1.98. The third-order valence-corrected chi connectivity index (χ3v) is 4.55. The molecule has 1 aromatic heterocycles. The quantitative estimate of drug-likeness (QED) is 0.720. The van der Waals surface area contributed by atoms with E-state index in [0.717, 1.165) is 10.6 Å². The molecule has 1 heterocycles. The standard InChI is InChI=1S/C18H15NO5S/c1-23-15-6-4-11(8-16(15)24-2)17-19-13(9-25-17)10-3-5-14(20)12(7-10)18(21)22/h3-9,20H,1-2H3,(H,21,22). The van der Waals surface area contributed by atoms with Crippen molar-refractivity contribution < 1.29 is 24.5 Å². The molecule has 0 radical (unpaired) electrons. The summed E-state index contributed by atoms with van der Waals surface area (Å²) in [6.07, 6.45) is 0. The van der Waals surface area contributed by atoms with Gasteiger partial charge in [-0.1, -0.05) is 0 Å². The highest BCUT2D eigenvalue weighted by atomic mass is 32.1. The molecule has 128 valence electrons. The van der Waals surface area contributed by atoms with Crippen molar-refractivity contribution in [1.82, 2.24) is 4.98 Å². The highest BCUT2D eigenvalue weighted by molar-refractivity contribution is 7.13. The van der Waals surface area contributed by atoms with E-state index in [1.165, 1.54) is 23.5 Å². The van der Waals surface area contributed by atoms with Gasteiger partial charge in [-0.25, -0.2) is 9.78 Å². The fraction of sp³-hybridized carbons (Fsp3) is 0.111. The molecule has 0 saturated heterocycles. The first-order chi connectivity index (χ1) is 12.0. The highest BCUT2D eigenvalue weighted by Gasteiger charge is 2.14. The smallest absolute Gasteiger partial charge is 0.339 e. The molecule has 0 spiro atoms. The lowest BCUT2D eigenvalue weighted by Gasteiger charge is -2.08. The lowest BCUT2D eigenvalue weighted by molar-refractivity contribution is 0.0694. The maximum Gasteiger partial charge on any atom is 0.339 e. The van der Waals surface area contributed by atoms with E-state index in [2.05, 4.69) is 4.98 Å². The number of nitrogens with zero attached hydrogens (tertiary/aromatic N) is 1. The fourth-order valence-electron chi connectivity index (χ4n) is 2.37. The molecule has 7 heteroatoms. The van der Waals surface area contributed by atoms with Gasteiger partial charge in [0.2, 0.25) is 0 Å². The number of carboxylic acid groups (broad SMARTS) is 1. The molecule has 0 atom stereocenters. The molecule has 3 rings (SSSR count). The summed E-state index contributed by atoms with van der Waals surface area (Å²) in [5.74, 6) is -0.219. The average molecular weight is 357 g/mol. The van der Waals surface area contributed by atoms with Gasteiger partial charge in [-0.2, -0.15) is 0 Å². The first kappa shape index (κ1) is 16.8. The molecule has 0 amide bonds. The summed E-state index contributed by atoms with van der Waals surface area (Å²) in [4.78, 5) is 15.7. The second kappa shape index (κ2) is 6.82. The van der Waals surface area contributed by atoms with E-state index in [9.17, 15) is 9.90 Å². The number of aromatic hydroxyl groups is 1. The number of benzene rings is 2. The Morgan fingerprint density at radius 3 is 2.44 bits per heavy atom. The highest BCUT2D eigenvalue weighted by Crippen LogP contribution is 2.35. The monoisotopic (exact) mass is 357 g/mol. The SMILES string of the molecule is COc1ccc(-c2nc(-c3ccc(O)c(C(=O)O)c3)cs2)cc1OC. The zero-order chi connectivity index (χ0) is 18.0. The number of carboxylic acids is 1. The number of carbonyl (C=O) groups is 1. The van der Waals surface area contributed by atoms with Crippen LogP contribution in [-0.4, -0.2) is 35.4 Å². The van der Waals surface area contributed by atoms with Gasteiger partial charge < -0.3 is 19.7 Å². The maximum atomic E-state index is 11.2. The Labute approximate surface area is 147 Å². The van der Waals surface area contributed by atoms with Gasteiger partial charge in [0, 0.05) is 16.5 Å². The Morgan fingerprint density at radius 2 is 1.76 bits per heavy atom. The van der Waals surface area contributed by atoms with Crippen LogP contribution in [0.5, 0.6) is 17.2 Å². The zero-order valence-electron chi connectivity index (χ0n) is 13.5. The van der Waals surface area contributed by atoms with Crippen molar-refractivity contribution in [3.8, 4) is 39.1 Å². The summed E-state index contributed by atoms with van der Waals surface area (Å²) in [6, 6.07) is 9.91. The van der Waals surface area contributed by atoms with E-state index >= 15 is 0 Å². The molecule has 0 fully saturated rings. The molecule has 0 bridgehead atoms. The van der Waals surface area contributed by atoms with Gasteiger partial charge in [0.1, 0.15) is 16.3 Å². The first-order valence-corrected chi connectivity index (χ1v) is 8.16. The minimum absolute atomic E-state index is 0.154. The molecule has 2 N–H and O–H groups in total. The largest absolute Gasteiger partial charge is 0.507 e. The topological polar surface area (TPSA) is 88.9 Å². The van der Waals surface area contributed by atoms with Crippen molar-refractivity contribution in [2.45, 2.75) is 0 Å². The van der Waals surface area contributed by atoms with Crippen molar-refractivity contribution in [3.63, 3.8) is 0 Å². The van der Waals surface area contributed by atoms with Crippen LogP contribution in [-0.2, 0) is 0 Å². The predicted octanol–water partition coefficient (Wildman–Crippen LogP) is 3.90. The van der Waals surface area contributed by atoms with Crippen LogP contribution in [0.1, 0.15) is 10.4 Å². The van der Waals surface area contributed by atoms with E-state index < -0.39 is 5.97 Å². The third-order valence-electron chi connectivity index (χ3n) is 3.66. The lowest BCUT2D eigenvalue weighted by atomic mass is 10.1. The van der Waals surface area contributed by atoms with Crippen molar-refractivity contribution in [2.24, 2.45) is 0 Å². The molecular formula is C18H15NO5S.